The van der Waals surface area contributed by atoms with Crippen LogP contribution in [0.3, 0.4) is 0 Å². The van der Waals surface area contributed by atoms with Gasteiger partial charge < -0.3 is 5.32 Å². The monoisotopic (exact) mass is 430 g/mol. The van der Waals surface area contributed by atoms with E-state index in [0.29, 0.717) is 29.3 Å². The first-order valence-electron chi connectivity index (χ1n) is 10.2. The first-order chi connectivity index (χ1) is 14.9. The number of halogens is 1. The van der Waals surface area contributed by atoms with Crippen LogP contribution in [0.4, 0.5) is 5.69 Å². The predicted octanol–water partition coefficient (Wildman–Crippen LogP) is 5.39. The molecule has 1 aliphatic rings. The van der Waals surface area contributed by atoms with Crippen molar-refractivity contribution in [3.8, 4) is 0 Å². The number of nitrogens with one attached hydrogen (secondary N) is 1. The minimum Gasteiger partial charge on any atom is -0.350 e. The summed E-state index contributed by atoms with van der Waals surface area (Å²) in [5, 5.41) is 3.88. The predicted molar refractivity (Wildman–Crippen MR) is 125 cm³/mol. The molecule has 3 aromatic rings. The van der Waals surface area contributed by atoms with Crippen molar-refractivity contribution in [3.63, 3.8) is 0 Å². The number of hydrogen-bond donors (Lipinski definition) is 1. The maximum Gasteiger partial charge on any atom is 0.278 e. The number of imide groups is 1. The summed E-state index contributed by atoms with van der Waals surface area (Å²) in [7, 11) is 0. The largest absolute Gasteiger partial charge is 0.350 e. The minimum absolute atomic E-state index is 0.281. The van der Waals surface area contributed by atoms with Gasteiger partial charge in [-0.25, -0.2) is 0 Å². The van der Waals surface area contributed by atoms with Crippen LogP contribution in [0.2, 0.25) is 5.02 Å². The van der Waals surface area contributed by atoms with E-state index in [2.05, 4.69) is 5.32 Å². The number of benzene rings is 3. The number of nitrogens with zero attached hydrogens (tertiary/aromatic N) is 1. The van der Waals surface area contributed by atoms with Crippen LogP contribution in [0.15, 0.2) is 78.5 Å². The first-order valence-corrected chi connectivity index (χ1v) is 10.6. The average Bonchev–Trinajstić information content (AvgIpc) is 3.00. The fraction of sp³-hybridized carbons (Fsp3) is 0.154. The highest BCUT2D eigenvalue weighted by Gasteiger charge is 2.38. The molecule has 1 N–H and O–H groups in total. The van der Waals surface area contributed by atoms with Gasteiger partial charge in [0.15, 0.2) is 0 Å². The fourth-order valence-corrected chi connectivity index (χ4v) is 3.75. The maximum atomic E-state index is 13.3. The highest BCUT2D eigenvalue weighted by atomic mass is 35.5. The van der Waals surface area contributed by atoms with E-state index >= 15 is 0 Å². The number of hydrogen-bond acceptors (Lipinski definition) is 3. The topological polar surface area (TPSA) is 49.4 Å². The summed E-state index contributed by atoms with van der Waals surface area (Å²) in [4.78, 5) is 27.9. The zero-order chi connectivity index (χ0) is 22.0. The van der Waals surface area contributed by atoms with Gasteiger partial charge in [0.05, 0.1) is 5.57 Å². The van der Waals surface area contributed by atoms with Crippen molar-refractivity contribution in [2.75, 3.05) is 11.9 Å². The number of carbonyl (C=O) groups excluding carboxylic acids is 2. The Morgan fingerprint density at radius 3 is 2.23 bits per heavy atom. The van der Waals surface area contributed by atoms with Crippen molar-refractivity contribution >= 4 is 34.7 Å². The molecule has 4 nitrogen and oxygen atoms in total. The zero-order valence-corrected chi connectivity index (χ0v) is 18.2. The Kier molecular flexibility index (Phi) is 5.92. The lowest BCUT2D eigenvalue weighted by Crippen LogP contribution is -2.34. The number of rotatable bonds is 6. The second-order valence-electron chi connectivity index (χ2n) is 7.68. The first kappa shape index (κ1) is 20.9. The Morgan fingerprint density at radius 2 is 1.55 bits per heavy atom. The number of anilines is 1. The molecule has 2 amide bonds. The third-order valence-corrected chi connectivity index (χ3v) is 5.80. The van der Waals surface area contributed by atoms with Gasteiger partial charge in [-0.3, -0.25) is 14.5 Å². The zero-order valence-electron chi connectivity index (χ0n) is 17.5. The molecule has 0 atom stereocenters. The highest BCUT2D eigenvalue weighted by molar-refractivity contribution is 6.36. The molecule has 0 aliphatic carbocycles. The normalized spacial score (nSPS) is 13.8. The molecule has 1 heterocycles. The van der Waals surface area contributed by atoms with Crippen LogP contribution in [-0.4, -0.2) is 23.3 Å². The van der Waals surface area contributed by atoms with Crippen LogP contribution in [0.25, 0.3) is 5.57 Å². The van der Waals surface area contributed by atoms with Crippen LogP contribution in [0, 0.1) is 13.8 Å². The van der Waals surface area contributed by atoms with Crippen LogP contribution >= 0.6 is 11.6 Å². The van der Waals surface area contributed by atoms with E-state index in [9.17, 15) is 9.59 Å². The molecule has 0 spiro atoms. The molecule has 0 bridgehead atoms. The lowest BCUT2D eigenvalue weighted by atomic mass is 10.0. The molecule has 5 heteroatoms. The van der Waals surface area contributed by atoms with E-state index in [-0.39, 0.29) is 11.8 Å². The fourth-order valence-electron chi connectivity index (χ4n) is 3.62. The van der Waals surface area contributed by atoms with E-state index in [4.69, 9.17) is 11.6 Å². The number of aryl methyl sites for hydroxylation is 2. The molecule has 0 saturated heterocycles. The van der Waals surface area contributed by atoms with Crippen molar-refractivity contribution in [1.82, 2.24) is 4.90 Å². The highest BCUT2D eigenvalue weighted by Crippen LogP contribution is 2.31. The molecule has 0 aromatic heterocycles. The molecule has 0 radical (unpaired) electrons. The summed E-state index contributed by atoms with van der Waals surface area (Å²) in [6.45, 7) is 4.36. The van der Waals surface area contributed by atoms with Gasteiger partial charge in [0.1, 0.15) is 5.70 Å². The van der Waals surface area contributed by atoms with E-state index < -0.39 is 0 Å². The molecular formula is C26H23ClN2O2. The Bertz CT molecular complexity index is 1170. The van der Waals surface area contributed by atoms with Gasteiger partial charge in [-0.1, -0.05) is 60.1 Å². The average molecular weight is 431 g/mol. The SMILES string of the molecule is Cc1ccc(NC2=C(c3ccccc3)C(=O)N(CCc3ccc(Cl)cc3)C2=O)cc1C. The molecule has 1 aliphatic heterocycles. The van der Waals surface area contributed by atoms with E-state index in [1.54, 1.807) is 0 Å². The minimum atomic E-state index is -0.309. The molecule has 156 valence electrons. The van der Waals surface area contributed by atoms with Gasteiger partial charge in [0.2, 0.25) is 0 Å². The maximum absolute atomic E-state index is 13.3. The Labute approximate surface area is 187 Å². The molecule has 3 aromatic carbocycles. The van der Waals surface area contributed by atoms with Gasteiger partial charge >= 0.3 is 0 Å². The summed E-state index contributed by atoms with van der Waals surface area (Å²) in [6, 6.07) is 22.7. The summed E-state index contributed by atoms with van der Waals surface area (Å²) in [5.74, 6) is -0.590. The van der Waals surface area contributed by atoms with Crippen LogP contribution in [-0.2, 0) is 16.0 Å². The molecule has 0 saturated carbocycles. The van der Waals surface area contributed by atoms with E-state index in [0.717, 1.165) is 22.4 Å². The van der Waals surface area contributed by atoms with Gasteiger partial charge in [-0.2, -0.15) is 0 Å². The van der Waals surface area contributed by atoms with E-state index in [1.165, 1.54) is 10.5 Å². The molecular weight excluding hydrogens is 408 g/mol. The smallest absolute Gasteiger partial charge is 0.278 e. The molecule has 0 unspecified atom stereocenters. The lowest BCUT2D eigenvalue weighted by Gasteiger charge is -2.15. The van der Waals surface area contributed by atoms with Crippen molar-refractivity contribution in [2.45, 2.75) is 20.3 Å². The summed E-state index contributed by atoms with van der Waals surface area (Å²) in [5.41, 5.74) is 5.52. The Balaban J connectivity index is 1.65. The number of amides is 2. The van der Waals surface area contributed by atoms with Crippen LogP contribution in [0.5, 0.6) is 0 Å². The summed E-state index contributed by atoms with van der Waals surface area (Å²) >= 11 is 5.96. The molecule has 0 fully saturated rings. The quantitative estimate of drug-likeness (QED) is 0.533. The third-order valence-electron chi connectivity index (χ3n) is 5.54. The Morgan fingerprint density at radius 1 is 0.839 bits per heavy atom. The second-order valence-corrected chi connectivity index (χ2v) is 8.11. The van der Waals surface area contributed by atoms with E-state index in [1.807, 2.05) is 86.6 Å². The summed E-state index contributed by atoms with van der Waals surface area (Å²) < 4.78 is 0. The van der Waals surface area contributed by atoms with Crippen molar-refractivity contribution in [3.05, 3.63) is 106 Å². The van der Waals surface area contributed by atoms with Crippen molar-refractivity contribution in [2.24, 2.45) is 0 Å². The van der Waals surface area contributed by atoms with Gasteiger partial charge in [-0.05, 0) is 66.8 Å². The standard InChI is InChI=1S/C26H23ClN2O2/c1-17-8-13-22(16-18(17)2)28-24-23(20-6-4-3-5-7-20)25(30)29(26(24)31)15-14-19-9-11-21(27)12-10-19/h3-13,16,28H,14-15H2,1-2H3. The van der Waals surface area contributed by atoms with Crippen LogP contribution < -0.4 is 5.32 Å². The molecule has 4 rings (SSSR count). The van der Waals surface area contributed by atoms with Gasteiger partial charge in [0, 0.05) is 17.3 Å². The summed E-state index contributed by atoms with van der Waals surface area (Å²) in [6.07, 6.45) is 0.563. The third kappa shape index (κ3) is 4.39. The Hall–Kier alpha value is -3.37. The van der Waals surface area contributed by atoms with Crippen molar-refractivity contribution < 1.29 is 9.59 Å². The van der Waals surface area contributed by atoms with Gasteiger partial charge in [0.25, 0.3) is 11.8 Å². The van der Waals surface area contributed by atoms with Crippen LogP contribution in [0.1, 0.15) is 22.3 Å². The lowest BCUT2D eigenvalue weighted by molar-refractivity contribution is -0.136. The second kappa shape index (κ2) is 8.78. The van der Waals surface area contributed by atoms with Crippen molar-refractivity contribution in [1.29, 1.82) is 0 Å². The molecule has 31 heavy (non-hydrogen) atoms. The number of carbonyl (C=O) groups is 2. The van der Waals surface area contributed by atoms with Gasteiger partial charge in [-0.15, -0.1) is 0 Å².